The number of rotatable bonds is 3. The van der Waals surface area contributed by atoms with E-state index in [0.717, 1.165) is 30.5 Å². The van der Waals surface area contributed by atoms with Crippen LogP contribution in [0.5, 0.6) is 0 Å². The highest BCUT2D eigenvalue weighted by Crippen LogP contribution is 2.34. The van der Waals surface area contributed by atoms with E-state index in [4.69, 9.17) is 4.74 Å². The van der Waals surface area contributed by atoms with Crippen molar-refractivity contribution in [3.8, 4) is 0 Å². The molecule has 6 heteroatoms. The zero-order valence-electron chi connectivity index (χ0n) is 22.2. The molecule has 0 radical (unpaired) electrons. The molecule has 0 aliphatic carbocycles. The molecular weight excluding hydrogens is 442 g/mol. The summed E-state index contributed by atoms with van der Waals surface area (Å²) in [5.74, 6) is -1.41. The van der Waals surface area contributed by atoms with Crippen molar-refractivity contribution in [2.75, 3.05) is 0 Å². The number of carbonyl (C=O) groups is 2. The fraction of sp³-hybridized carbons (Fsp3) is 0.621. The molecule has 5 atom stereocenters. The Bertz CT molecular complexity index is 905. The van der Waals surface area contributed by atoms with Gasteiger partial charge in [0, 0.05) is 18.5 Å². The second-order valence-corrected chi connectivity index (χ2v) is 10.6. The van der Waals surface area contributed by atoms with Crippen LogP contribution >= 0.6 is 0 Å². The Kier molecular flexibility index (Phi) is 10.8. The van der Waals surface area contributed by atoms with E-state index in [2.05, 4.69) is 18.0 Å². The van der Waals surface area contributed by atoms with Crippen LogP contribution in [-0.2, 0) is 14.3 Å². The van der Waals surface area contributed by atoms with Gasteiger partial charge in [-0.05, 0) is 69.2 Å². The first kappa shape index (κ1) is 28.9. The molecule has 6 nitrogen and oxygen atoms in total. The lowest BCUT2D eigenvalue weighted by Gasteiger charge is -2.35. The number of hydrogen-bond donors (Lipinski definition) is 2. The maximum Gasteiger partial charge on any atom is 0.309 e. The molecule has 0 unspecified atom stereocenters. The van der Waals surface area contributed by atoms with E-state index in [1.807, 2.05) is 45.0 Å². The third kappa shape index (κ3) is 8.11. The number of pyridine rings is 1. The Labute approximate surface area is 210 Å². The van der Waals surface area contributed by atoms with E-state index in [0.29, 0.717) is 12.8 Å². The normalized spacial score (nSPS) is 31.4. The fourth-order valence-corrected chi connectivity index (χ4v) is 4.64. The van der Waals surface area contributed by atoms with Gasteiger partial charge in [0.15, 0.2) is 0 Å². The average Bonchev–Trinajstić information content (AvgIpc) is 2.81. The van der Waals surface area contributed by atoms with Crippen molar-refractivity contribution in [3.05, 3.63) is 47.3 Å². The number of esters is 1. The van der Waals surface area contributed by atoms with Crippen LogP contribution in [0.3, 0.4) is 0 Å². The van der Waals surface area contributed by atoms with Crippen molar-refractivity contribution >= 4 is 17.8 Å². The molecule has 194 valence electrons. The largest absolute Gasteiger partial charge is 0.457 e. The highest BCUT2D eigenvalue weighted by molar-refractivity contribution is 5.88. The highest BCUT2D eigenvalue weighted by Gasteiger charge is 2.43. The number of Topliss-reactive ketones (excluding diaryl/α,β-unsaturated/α-hetero) is 1. The topological polar surface area (TPSA) is 96.7 Å². The van der Waals surface area contributed by atoms with Gasteiger partial charge in [-0.15, -0.1) is 0 Å². The summed E-state index contributed by atoms with van der Waals surface area (Å²) >= 11 is 0. The van der Waals surface area contributed by atoms with Crippen LogP contribution < -0.4 is 0 Å². The smallest absolute Gasteiger partial charge is 0.309 e. The third-order valence-electron chi connectivity index (χ3n) is 7.36. The van der Waals surface area contributed by atoms with Gasteiger partial charge < -0.3 is 14.9 Å². The summed E-state index contributed by atoms with van der Waals surface area (Å²) in [4.78, 5) is 30.6. The molecule has 1 aliphatic rings. The minimum absolute atomic E-state index is 0.0428. The quantitative estimate of drug-likeness (QED) is 0.446. The van der Waals surface area contributed by atoms with Crippen LogP contribution in [-0.4, -0.2) is 45.3 Å². The third-order valence-corrected chi connectivity index (χ3v) is 7.36. The maximum atomic E-state index is 13.4. The van der Waals surface area contributed by atoms with Gasteiger partial charge in [-0.3, -0.25) is 14.6 Å². The maximum absolute atomic E-state index is 13.4. The predicted octanol–water partition coefficient (Wildman–Crippen LogP) is 5.29. The average molecular weight is 486 g/mol. The standard InChI is InChI=1S/C29H43NO5/c1-7-23-27(33)20(3)12-10-11-19(2)14-15-24(21(4)17-22-13-8-9-16-30-22)35-26(32)18-25(31)29(5,6)28(23)34/h8-9,13-14,16-17,20,23-25,27,31,33H,7,10-12,15,18H2,1-6H3/b19-14-,21-17+/t20-,23+,24-,25-,27-/m0/s1. The van der Waals surface area contributed by atoms with Crippen molar-refractivity contribution in [3.63, 3.8) is 0 Å². The molecule has 0 bridgehead atoms. The summed E-state index contributed by atoms with van der Waals surface area (Å²) in [6.45, 7) is 11.1. The van der Waals surface area contributed by atoms with E-state index < -0.39 is 35.6 Å². The Balaban J connectivity index is 2.36. The zero-order chi connectivity index (χ0) is 26.2. The number of carbonyl (C=O) groups excluding carboxylic acids is 2. The molecule has 1 aliphatic heterocycles. The molecule has 0 spiro atoms. The van der Waals surface area contributed by atoms with E-state index >= 15 is 0 Å². The van der Waals surface area contributed by atoms with Crippen LogP contribution in [0, 0.1) is 17.3 Å². The van der Waals surface area contributed by atoms with E-state index in [1.165, 1.54) is 5.57 Å². The number of hydrogen-bond acceptors (Lipinski definition) is 6. The summed E-state index contributed by atoms with van der Waals surface area (Å²) in [5, 5.41) is 21.9. The number of allylic oxidation sites excluding steroid dienone is 1. The summed E-state index contributed by atoms with van der Waals surface area (Å²) in [5.41, 5.74) is 1.63. The van der Waals surface area contributed by atoms with Gasteiger partial charge in [-0.25, -0.2) is 0 Å². The molecule has 0 saturated heterocycles. The summed E-state index contributed by atoms with van der Waals surface area (Å²) in [7, 11) is 0. The second kappa shape index (κ2) is 13.1. The Morgan fingerprint density at radius 2 is 1.97 bits per heavy atom. The van der Waals surface area contributed by atoms with Crippen molar-refractivity contribution in [1.29, 1.82) is 0 Å². The molecule has 1 aromatic heterocycles. The molecule has 2 heterocycles. The van der Waals surface area contributed by atoms with Gasteiger partial charge in [0.05, 0.1) is 29.7 Å². The number of cyclic esters (lactones) is 1. The lowest BCUT2D eigenvalue weighted by Crippen LogP contribution is -2.46. The number of aliphatic hydroxyl groups is 2. The molecule has 2 rings (SSSR count). The molecule has 0 saturated carbocycles. The van der Waals surface area contributed by atoms with Crippen LogP contribution in [0.15, 0.2) is 41.6 Å². The monoisotopic (exact) mass is 485 g/mol. The van der Waals surface area contributed by atoms with Crippen molar-refractivity contribution < 1.29 is 24.5 Å². The second-order valence-electron chi connectivity index (χ2n) is 10.6. The Morgan fingerprint density at radius 1 is 1.26 bits per heavy atom. The van der Waals surface area contributed by atoms with E-state index in [9.17, 15) is 19.8 Å². The van der Waals surface area contributed by atoms with Gasteiger partial charge in [-0.1, -0.05) is 45.4 Å². The zero-order valence-corrected chi connectivity index (χ0v) is 22.2. The SMILES string of the molecule is CC[C@H]1C(=O)C(C)(C)[C@@H](O)CC(=O)O[C@H](/C(C)=C/c2ccccn2)C/C=C(/C)CCC[C@H](C)[C@@H]1O. The van der Waals surface area contributed by atoms with Gasteiger partial charge in [0.1, 0.15) is 11.9 Å². The summed E-state index contributed by atoms with van der Waals surface area (Å²) in [6.07, 6.45) is 6.47. The van der Waals surface area contributed by atoms with Gasteiger partial charge in [0.25, 0.3) is 0 Å². The molecule has 0 fully saturated rings. The van der Waals surface area contributed by atoms with E-state index in [-0.39, 0.29) is 18.1 Å². The minimum Gasteiger partial charge on any atom is -0.457 e. The van der Waals surface area contributed by atoms with Crippen LogP contribution in [0.4, 0.5) is 0 Å². The highest BCUT2D eigenvalue weighted by atomic mass is 16.5. The lowest BCUT2D eigenvalue weighted by atomic mass is 9.71. The van der Waals surface area contributed by atoms with Crippen molar-refractivity contribution in [2.45, 2.75) is 98.4 Å². The van der Waals surface area contributed by atoms with Gasteiger partial charge in [-0.2, -0.15) is 0 Å². The van der Waals surface area contributed by atoms with Gasteiger partial charge in [0.2, 0.25) is 0 Å². The first-order valence-electron chi connectivity index (χ1n) is 12.8. The first-order chi connectivity index (χ1) is 16.5. The number of aromatic nitrogens is 1. The molecule has 0 aromatic carbocycles. The van der Waals surface area contributed by atoms with Crippen LogP contribution in [0.2, 0.25) is 0 Å². The number of ether oxygens (including phenoxy) is 1. The number of aliphatic hydroxyl groups excluding tert-OH is 2. The molecule has 2 N–H and O–H groups in total. The predicted molar refractivity (Wildman–Crippen MR) is 138 cm³/mol. The van der Waals surface area contributed by atoms with Crippen LogP contribution in [0.25, 0.3) is 6.08 Å². The van der Waals surface area contributed by atoms with E-state index in [1.54, 1.807) is 20.0 Å². The molecule has 0 amide bonds. The summed E-state index contributed by atoms with van der Waals surface area (Å²) in [6, 6.07) is 5.64. The molecule has 1 aromatic rings. The molecular formula is C29H43NO5. The minimum atomic E-state index is -1.22. The van der Waals surface area contributed by atoms with Gasteiger partial charge >= 0.3 is 5.97 Å². The number of ketones is 1. The lowest BCUT2D eigenvalue weighted by molar-refractivity contribution is -0.154. The summed E-state index contributed by atoms with van der Waals surface area (Å²) < 4.78 is 5.82. The van der Waals surface area contributed by atoms with Crippen molar-refractivity contribution in [1.82, 2.24) is 4.98 Å². The van der Waals surface area contributed by atoms with Crippen LogP contribution in [0.1, 0.15) is 85.8 Å². The molecule has 35 heavy (non-hydrogen) atoms. The Hall–Kier alpha value is -2.31. The Morgan fingerprint density at radius 3 is 2.60 bits per heavy atom. The number of nitrogens with zero attached hydrogens (tertiary/aromatic N) is 1. The fourth-order valence-electron chi connectivity index (χ4n) is 4.64. The first-order valence-corrected chi connectivity index (χ1v) is 12.8. The van der Waals surface area contributed by atoms with Crippen molar-refractivity contribution in [2.24, 2.45) is 17.3 Å².